The smallest absolute Gasteiger partial charge is 0.192 e. The highest BCUT2D eigenvalue weighted by Crippen LogP contribution is 2.19. The Hall–Kier alpha value is -1.72. The zero-order valence-corrected chi connectivity index (χ0v) is 11.6. The Balaban J connectivity index is 2.68. The number of rotatable bonds is 2. The summed E-state index contributed by atoms with van der Waals surface area (Å²) in [4.78, 5) is 11.7. The topological polar surface area (TPSA) is 48.0 Å². The lowest BCUT2D eigenvalue weighted by atomic mass is 10.2. The monoisotopic (exact) mass is 296 g/mol. The van der Waals surface area contributed by atoms with Crippen LogP contribution in [0.4, 0.5) is 4.39 Å². The summed E-state index contributed by atoms with van der Waals surface area (Å²) in [5.74, 6) is -0.501. The molecule has 0 aliphatic carbocycles. The van der Waals surface area contributed by atoms with Crippen molar-refractivity contribution in [3.05, 3.63) is 62.8 Å². The van der Waals surface area contributed by atoms with E-state index in [1.54, 1.807) is 17.6 Å². The summed E-state index contributed by atoms with van der Waals surface area (Å²) in [7, 11) is 0. The molecule has 0 saturated heterocycles. The SMILES string of the molecule is Cc1cc(=O)c(C(N)=S)cn1-c1ccc(F)c(Cl)c1. The molecule has 0 amide bonds. The van der Waals surface area contributed by atoms with Crippen molar-refractivity contribution in [2.75, 3.05) is 0 Å². The second kappa shape index (κ2) is 5.11. The van der Waals surface area contributed by atoms with E-state index in [0.29, 0.717) is 11.4 Å². The van der Waals surface area contributed by atoms with Crippen molar-refractivity contribution >= 4 is 28.8 Å². The van der Waals surface area contributed by atoms with Gasteiger partial charge in [0.1, 0.15) is 10.8 Å². The van der Waals surface area contributed by atoms with E-state index in [4.69, 9.17) is 29.6 Å². The van der Waals surface area contributed by atoms with E-state index in [2.05, 4.69) is 0 Å². The summed E-state index contributed by atoms with van der Waals surface area (Å²) in [6, 6.07) is 5.71. The van der Waals surface area contributed by atoms with E-state index >= 15 is 0 Å². The van der Waals surface area contributed by atoms with Gasteiger partial charge >= 0.3 is 0 Å². The predicted octanol–water partition coefficient (Wildman–Crippen LogP) is 2.57. The maximum atomic E-state index is 13.2. The Kier molecular flexibility index (Phi) is 3.68. The van der Waals surface area contributed by atoms with Gasteiger partial charge in [0.05, 0.1) is 10.6 Å². The van der Waals surface area contributed by atoms with Crippen LogP contribution in [-0.4, -0.2) is 9.56 Å². The van der Waals surface area contributed by atoms with Gasteiger partial charge in [-0.25, -0.2) is 4.39 Å². The fourth-order valence-electron chi connectivity index (χ4n) is 1.73. The zero-order chi connectivity index (χ0) is 14.2. The lowest BCUT2D eigenvalue weighted by Crippen LogP contribution is -2.22. The number of benzene rings is 1. The molecule has 0 bridgehead atoms. The van der Waals surface area contributed by atoms with Crippen molar-refractivity contribution in [3.8, 4) is 5.69 Å². The summed E-state index contributed by atoms with van der Waals surface area (Å²) in [6.45, 7) is 1.75. The molecule has 0 fully saturated rings. The highest BCUT2D eigenvalue weighted by Gasteiger charge is 2.09. The summed E-state index contributed by atoms with van der Waals surface area (Å²) >= 11 is 10.6. The fourth-order valence-corrected chi connectivity index (χ4v) is 2.06. The zero-order valence-electron chi connectivity index (χ0n) is 9.98. The first-order chi connectivity index (χ1) is 8.90. The minimum absolute atomic E-state index is 0.00692. The first-order valence-electron chi connectivity index (χ1n) is 5.38. The number of aryl methyl sites for hydroxylation is 1. The van der Waals surface area contributed by atoms with Crippen molar-refractivity contribution in [2.45, 2.75) is 6.92 Å². The number of halogens is 2. The number of pyridine rings is 1. The first-order valence-corrected chi connectivity index (χ1v) is 6.17. The van der Waals surface area contributed by atoms with Gasteiger partial charge in [0.15, 0.2) is 5.43 Å². The molecule has 0 radical (unpaired) electrons. The molecule has 0 unspecified atom stereocenters. The van der Waals surface area contributed by atoms with E-state index in [-0.39, 0.29) is 21.0 Å². The lowest BCUT2D eigenvalue weighted by Gasteiger charge is -2.12. The summed E-state index contributed by atoms with van der Waals surface area (Å²) in [6.07, 6.45) is 1.53. The van der Waals surface area contributed by atoms with Crippen LogP contribution in [0.2, 0.25) is 5.02 Å². The third-order valence-corrected chi connectivity index (χ3v) is 3.20. The Morgan fingerprint density at radius 2 is 2.11 bits per heavy atom. The van der Waals surface area contributed by atoms with Crippen molar-refractivity contribution in [3.63, 3.8) is 0 Å². The van der Waals surface area contributed by atoms with E-state index in [1.165, 1.54) is 24.4 Å². The summed E-state index contributed by atoms with van der Waals surface area (Å²) in [5.41, 5.74) is 6.79. The molecule has 0 aliphatic heterocycles. The molecule has 0 aliphatic rings. The molecule has 0 saturated carbocycles. The van der Waals surface area contributed by atoms with Gasteiger partial charge in [0, 0.05) is 23.6 Å². The van der Waals surface area contributed by atoms with Gasteiger partial charge in [0.2, 0.25) is 0 Å². The largest absolute Gasteiger partial charge is 0.389 e. The second-order valence-corrected chi connectivity index (χ2v) is 4.87. The minimum Gasteiger partial charge on any atom is -0.389 e. The standard InChI is InChI=1S/C13H10ClFN2OS/c1-7-4-12(18)9(13(16)19)6-17(7)8-2-3-11(15)10(14)5-8/h2-6H,1H3,(H2,16,19). The highest BCUT2D eigenvalue weighted by molar-refractivity contribution is 7.80. The van der Waals surface area contributed by atoms with Crippen LogP contribution in [0.1, 0.15) is 11.3 Å². The van der Waals surface area contributed by atoms with Crippen molar-refractivity contribution < 1.29 is 4.39 Å². The molecule has 19 heavy (non-hydrogen) atoms. The number of nitrogens with zero attached hydrogens (tertiary/aromatic N) is 1. The van der Waals surface area contributed by atoms with Crippen molar-refractivity contribution in [2.24, 2.45) is 5.73 Å². The highest BCUT2D eigenvalue weighted by atomic mass is 35.5. The molecule has 2 aromatic rings. The van der Waals surface area contributed by atoms with E-state index in [1.807, 2.05) is 0 Å². The predicted molar refractivity (Wildman–Crippen MR) is 77.6 cm³/mol. The normalized spacial score (nSPS) is 10.5. The van der Waals surface area contributed by atoms with E-state index in [9.17, 15) is 9.18 Å². The Labute approximate surface area is 119 Å². The van der Waals surface area contributed by atoms with Crippen molar-refractivity contribution in [1.82, 2.24) is 4.57 Å². The molecule has 1 aromatic carbocycles. The fraction of sp³-hybridized carbons (Fsp3) is 0.0769. The number of thiocarbonyl (C=S) groups is 1. The summed E-state index contributed by atoms with van der Waals surface area (Å²) < 4.78 is 14.8. The Bertz CT molecular complexity index is 727. The molecular formula is C13H10ClFN2OS. The van der Waals surface area contributed by atoms with Crippen LogP contribution < -0.4 is 11.2 Å². The molecule has 6 heteroatoms. The maximum Gasteiger partial charge on any atom is 0.192 e. The van der Waals surface area contributed by atoms with Gasteiger partial charge in [-0.05, 0) is 25.1 Å². The minimum atomic E-state index is -0.501. The van der Waals surface area contributed by atoms with Gasteiger partial charge < -0.3 is 10.3 Å². The van der Waals surface area contributed by atoms with Gasteiger partial charge in [-0.15, -0.1) is 0 Å². The molecule has 3 nitrogen and oxygen atoms in total. The van der Waals surface area contributed by atoms with Gasteiger partial charge in [-0.3, -0.25) is 4.79 Å². The van der Waals surface area contributed by atoms with Crippen LogP contribution >= 0.6 is 23.8 Å². The van der Waals surface area contributed by atoms with Crippen LogP contribution in [0.15, 0.2) is 35.3 Å². The molecule has 2 rings (SSSR count). The number of nitrogens with two attached hydrogens (primary N) is 1. The van der Waals surface area contributed by atoms with Gasteiger partial charge in [0.25, 0.3) is 0 Å². The lowest BCUT2D eigenvalue weighted by molar-refractivity contribution is 0.627. The molecule has 98 valence electrons. The molecule has 2 N–H and O–H groups in total. The van der Waals surface area contributed by atoms with Crippen LogP contribution in [0.5, 0.6) is 0 Å². The molecule has 0 spiro atoms. The van der Waals surface area contributed by atoms with Crippen LogP contribution in [0.25, 0.3) is 5.69 Å². The number of hydrogen-bond donors (Lipinski definition) is 1. The number of aromatic nitrogens is 1. The second-order valence-electron chi connectivity index (χ2n) is 4.03. The maximum absolute atomic E-state index is 13.2. The van der Waals surface area contributed by atoms with Crippen LogP contribution in [0.3, 0.4) is 0 Å². The third kappa shape index (κ3) is 2.67. The quantitative estimate of drug-likeness (QED) is 0.867. The van der Waals surface area contributed by atoms with Crippen LogP contribution in [0, 0.1) is 12.7 Å². The number of hydrogen-bond acceptors (Lipinski definition) is 2. The average molecular weight is 297 g/mol. The van der Waals surface area contributed by atoms with Gasteiger partial charge in [-0.2, -0.15) is 0 Å². The molecule has 0 atom stereocenters. The first kappa shape index (κ1) is 13.7. The Morgan fingerprint density at radius 3 is 2.68 bits per heavy atom. The molecular weight excluding hydrogens is 287 g/mol. The summed E-state index contributed by atoms with van der Waals surface area (Å²) in [5, 5.41) is 0.00692. The van der Waals surface area contributed by atoms with E-state index < -0.39 is 5.82 Å². The van der Waals surface area contributed by atoms with Gasteiger partial charge in [-0.1, -0.05) is 23.8 Å². The third-order valence-electron chi connectivity index (χ3n) is 2.69. The van der Waals surface area contributed by atoms with E-state index in [0.717, 1.165) is 0 Å². The van der Waals surface area contributed by atoms with Crippen LogP contribution in [-0.2, 0) is 0 Å². The van der Waals surface area contributed by atoms with Crippen molar-refractivity contribution in [1.29, 1.82) is 0 Å². The molecule has 1 aromatic heterocycles. The Morgan fingerprint density at radius 1 is 1.42 bits per heavy atom. The average Bonchev–Trinajstić information content (AvgIpc) is 2.32. The molecule has 1 heterocycles.